The van der Waals surface area contributed by atoms with Gasteiger partial charge in [-0.15, -0.1) is 11.3 Å². The van der Waals surface area contributed by atoms with E-state index in [-0.39, 0.29) is 23.3 Å². The lowest BCUT2D eigenvalue weighted by Gasteiger charge is -2.31. The monoisotopic (exact) mass is 456 g/mol. The lowest BCUT2D eigenvalue weighted by molar-refractivity contribution is -0.121. The van der Waals surface area contributed by atoms with Crippen molar-refractivity contribution in [2.24, 2.45) is 5.92 Å². The van der Waals surface area contributed by atoms with Crippen molar-refractivity contribution in [3.8, 4) is 11.5 Å². The molecule has 10 heteroatoms. The van der Waals surface area contributed by atoms with Crippen molar-refractivity contribution in [2.45, 2.75) is 19.8 Å². The minimum absolute atomic E-state index is 0.0961. The summed E-state index contributed by atoms with van der Waals surface area (Å²) in [5.74, 6) is 0.755. The zero-order valence-electron chi connectivity index (χ0n) is 18.1. The Balaban J connectivity index is 1.41. The highest BCUT2D eigenvalue weighted by Gasteiger charge is 2.30. The molecular weight excluding hydrogens is 432 g/mol. The standard InChI is InChI=1S/C22H24N4O5S/c1-12-17-20(28)23-11-24-21(17)32-18(12)22(29)26-6-4-13(5-7-26)19(27)25-14-8-15(30-2)10-16(9-14)31-3/h8-11,13H,4-7H2,1-3H3,(H,25,27)(H,23,24,28). The third kappa shape index (κ3) is 4.18. The fourth-order valence-corrected chi connectivity index (χ4v) is 5.01. The van der Waals surface area contributed by atoms with E-state index >= 15 is 0 Å². The molecule has 1 fully saturated rings. The van der Waals surface area contributed by atoms with Crippen LogP contribution in [-0.2, 0) is 4.79 Å². The lowest BCUT2D eigenvalue weighted by Crippen LogP contribution is -2.41. The summed E-state index contributed by atoms with van der Waals surface area (Å²) < 4.78 is 10.5. The summed E-state index contributed by atoms with van der Waals surface area (Å²) in [5.41, 5.74) is 1.01. The van der Waals surface area contributed by atoms with E-state index in [1.54, 1.807) is 44.2 Å². The molecule has 0 spiro atoms. The molecule has 0 atom stereocenters. The van der Waals surface area contributed by atoms with Gasteiger partial charge < -0.3 is 24.7 Å². The average Bonchev–Trinajstić information content (AvgIpc) is 3.15. The minimum atomic E-state index is -0.243. The van der Waals surface area contributed by atoms with Gasteiger partial charge >= 0.3 is 0 Å². The van der Waals surface area contributed by atoms with Gasteiger partial charge in [0.15, 0.2) is 0 Å². The number of nitrogens with zero attached hydrogens (tertiary/aromatic N) is 2. The van der Waals surface area contributed by atoms with Gasteiger partial charge in [0.25, 0.3) is 11.5 Å². The molecule has 0 saturated carbocycles. The van der Waals surface area contributed by atoms with Crippen LogP contribution in [-0.4, -0.2) is 54.0 Å². The highest BCUT2D eigenvalue weighted by atomic mass is 32.1. The summed E-state index contributed by atoms with van der Waals surface area (Å²) in [6.45, 7) is 2.71. The van der Waals surface area contributed by atoms with E-state index < -0.39 is 0 Å². The zero-order valence-corrected chi connectivity index (χ0v) is 18.9. The smallest absolute Gasteiger partial charge is 0.264 e. The molecule has 168 valence electrons. The highest BCUT2D eigenvalue weighted by molar-refractivity contribution is 7.20. The second-order valence-corrected chi connectivity index (χ2v) is 8.62. The maximum atomic E-state index is 13.1. The first-order valence-electron chi connectivity index (χ1n) is 10.2. The number of hydrogen-bond acceptors (Lipinski definition) is 7. The molecule has 2 N–H and O–H groups in total. The van der Waals surface area contributed by atoms with Crippen molar-refractivity contribution in [2.75, 3.05) is 32.6 Å². The third-order valence-electron chi connectivity index (χ3n) is 5.70. The van der Waals surface area contributed by atoms with Crippen molar-refractivity contribution < 1.29 is 19.1 Å². The Bertz CT molecular complexity index is 1200. The number of H-pyrrole nitrogens is 1. The largest absolute Gasteiger partial charge is 0.497 e. The minimum Gasteiger partial charge on any atom is -0.497 e. The summed E-state index contributed by atoms with van der Waals surface area (Å²) in [7, 11) is 3.11. The number of nitrogens with one attached hydrogen (secondary N) is 2. The first-order chi connectivity index (χ1) is 15.4. The number of carbonyl (C=O) groups excluding carboxylic acids is 2. The topological polar surface area (TPSA) is 114 Å². The van der Waals surface area contributed by atoms with Gasteiger partial charge in [-0.05, 0) is 25.3 Å². The van der Waals surface area contributed by atoms with Crippen LogP contribution in [0, 0.1) is 12.8 Å². The van der Waals surface area contributed by atoms with Gasteiger partial charge in [-0.1, -0.05) is 0 Å². The Kier molecular flexibility index (Phi) is 6.13. The molecule has 4 rings (SSSR count). The van der Waals surface area contributed by atoms with Crippen molar-refractivity contribution >= 4 is 39.1 Å². The molecule has 0 radical (unpaired) electrons. The Morgan fingerprint density at radius 2 is 1.81 bits per heavy atom. The summed E-state index contributed by atoms with van der Waals surface area (Å²) in [6.07, 6.45) is 2.46. The van der Waals surface area contributed by atoms with E-state index in [1.807, 2.05) is 0 Å². The molecule has 1 aliphatic heterocycles. The van der Waals surface area contributed by atoms with E-state index in [9.17, 15) is 14.4 Å². The Morgan fingerprint density at radius 1 is 1.16 bits per heavy atom. The van der Waals surface area contributed by atoms with Gasteiger partial charge in [-0.3, -0.25) is 14.4 Å². The molecule has 1 aromatic carbocycles. The number of methoxy groups -OCH3 is 2. The third-order valence-corrected chi connectivity index (χ3v) is 6.89. The van der Waals surface area contributed by atoms with Gasteiger partial charge in [0.05, 0.1) is 30.8 Å². The van der Waals surface area contributed by atoms with Gasteiger partial charge in [-0.2, -0.15) is 0 Å². The number of aromatic amines is 1. The number of likely N-dealkylation sites (tertiary alicyclic amines) is 1. The Morgan fingerprint density at radius 3 is 2.41 bits per heavy atom. The number of rotatable bonds is 5. The van der Waals surface area contributed by atoms with E-state index in [1.165, 1.54) is 17.7 Å². The number of hydrogen-bond donors (Lipinski definition) is 2. The second-order valence-electron chi connectivity index (χ2n) is 7.63. The van der Waals surface area contributed by atoms with Crippen LogP contribution in [0.5, 0.6) is 11.5 Å². The number of amides is 2. The van der Waals surface area contributed by atoms with Crippen LogP contribution in [0.25, 0.3) is 10.2 Å². The fourth-order valence-electron chi connectivity index (χ4n) is 3.89. The molecule has 0 aliphatic carbocycles. The first-order valence-corrected chi connectivity index (χ1v) is 11.0. The van der Waals surface area contributed by atoms with Crippen LogP contribution in [0.2, 0.25) is 0 Å². The second kappa shape index (κ2) is 8.99. The number of piperidine rings is 1. The SMILES string of the molecule is COc1cc(NC(=O)C2CCN(C(=O)c3sc4nc[nH]c(=O)c4c3C)CC2)cc(OC)c1. The van der Waals surface area contributed by atoms with Crippen LogP contribution in [0.4, 0.5) is 5.69 Å². The number of aryl methyl sites for hydroxylation is 1. The van der Waals surface area contributed by atoms with Gasteiger partial charge in [0, 0.05) is 42.9 Å². The molecule has 0 unspecified atom stereocenters. The Hall–Kier alpha value is -3.40. The Labute approximate surface area is 188 Å². The molecule has 1 saturated heterocycles. The molecule has 9 nitrogen and oxygen atoms in total. The summed E-state index contributed by atoms with van der Waals surface area (Å²) in [6, 6.07) is 5.21. The fraction of sp³-hybridized carbons (Fsp3) is 0.364. The number of carbonyl (C=O) groups is 2. The molecule has 3 heterocycles. The van der Waals surface area contributed by atoms with Crippen LogP contribution in [0.1, 0.15) is 28.1 Å². The number of benzene rings is 1. The highest BCUT2D eigenvalue weighted by Crippen LogP contribution is 2.30. The number of fused-ring (bicyclic) bond motifs is 1. The molecular formula is C22H24N4O5S. The van der Waals surface area contributed by atoms with Crippen LogP contribution >= 0.6 is 11.3 Å². The number of thiophene rings is 1. The van der Waals surface area contributed by atoms with Crippen LogP contribution < -0.4 is 20.3 Å². The van der Waals surface area contributed by atoms with Gasteiger partial charge in [0.1, 0.15) is 16.3 Å². The van der Waals surface area contributed by atoms with Crippen molar-refractivity contribution in [3.05, 3.63) is 45.3 Å². The van der Waals surface area contributed by atoms with Crippen molar-refractivity contribution in [1.82, 2.24) is 14.9 Å². The van der Waals surface area contributed by atoms with Crippen molar-refractivity contribution in [1.29, 1.82) is 0 Å². The van der Waals surface area contributed by atoms with Gasteiger partial charge in [0.2, 0.25) is 5.91 Å². The summed E-state index contributed by atoms with van der Waals surface area (Å²) in [5, 5.41) is 3.38. The summed E-state index contributed by atoms with van der Waals surface area (Å²) in [4.78, 5) is 47.5. The maximum absolute atomic E-state index is 13.1. The van der Waals surface area contributed by atoms with E-state index in [4.69, 9.17) is 9.47 Å². The van der Waals surface area contributed by atoms with E-state index in [0.717, 1.165) is 0 Å². The summed E-state index contributed by atoms with van der Waals surface area (Å²) >= 11 is 1.23. The normalized spacial score (nSPS) is 14.4. The molecule has 2 aromatic heterocycles. The van der Waals surface area contributed by atoms with Crippen molar-refractivity contribution in [3.63, 3.8) is 0 Å². The predicted octanol–water partition coefficient (Wildman–Crippen LogP) is 2.80. The average molecular weight is 457 g/mol. The van der Waals surface area contributed by atoms with Crippen LogP contribution in [0.3, 0.4) is 0 Å². The van der Waals surface area contributed by atoms with E-state index in [2.05, 4.69) is 15.3 Å². The number of anilines is 1. The predicted molar refractivity (Wildman–Crippen MR) is 122 cm³/mol. The molecule has 1 aliphatic rings. The molecule has 3 aromatic rings. The lowest BCUT2D eigenvalue weighted by atomic mass is 9.95. The molecule has 32 heavy (non-hydrogen) atoms. The zero-order chi connectivity index (χ0) is 22.8. The van der Waals surface area contributed by atoms with Crippen LogP contribution in [0.15, 0.2) is 29.3 Å². The number of aromatic nitrogens is 2. The molecule has 0 bridgehead atoms. The molecule has 2 amide bonds. The van der Waals surface area contributed by atoms with Gasteiger partial charge in [-0.25, -0.2) is 4.98 Å². The number of ether oxygens (including phenoxy) is 2. The maximum Gasteiger partial charge on any atom is 0.264 e. The van der Waals surface area contributed by atoms with E-state index in [0.29, 0.717) is 63.8 Å². The quantitative estimate of drug-likeness (QED) is 0.610. The first kappa shape index (κ1) is 21.8.